The van der Waals surface area contributed by atoms with Crippen molar-refractivity contribution in [1.29, 1.82) is 0 Å². The van der Waals surface area contributed by atoms with Gasteiger partial charge in [-0.15, -0.1) is 11.3 Å². The summed E-state index contributed by atoms with van der Waals surface area (Å²) in [6.45, 7) is 0. The monoisotopic (exact) mass is 652 g/mol. The third-order valence-electron chi connectivity index (χ3n) is 10.5. The van der Waals surface area contributed by atoms with Crippen molar-refractivity contribution >= 4 is 85.8 Å². The highest BCUT2D eigenvalue weighted by Gasteiger charge is 2.18. The van der Waals surface area contributed by atoms with Crippen LogP contribution in [0, 0.1) is 0 Å². The van der Waals surface area contributed by atoms with Crippen LogP contribution in [0.15, 0.2) is 174 Å². The molecule has 0 aliphatic carbocycles. The van der Waals surface area contributed by atoms with E-state index >= 15 is 0 Å². The van der Waals surface area contributed by atoms with E-state index in [4.69, 9.17) is 4.42 Å². The molecule has 0 unspecified atom stereocenters. The lowest BCUT2D eigenvalue weighted by molar-refractivity contribution is 0.673. The third kappa shape index (κ3) is 4.06. The molecule has 0 saturated carbocycles. The first kappa shape index (κ1) is 27.7. The Morgan fingerprint density at radius 2 is 0.920 bits per heavy atom. The van der Waals surface area contributed by atoms with Gasteiger partial charge in [0.2, 0.25) is 0 Å². The molecule has 9 aromatic carbocycles. The average molecular weight is 653 g/mol. The highest BCUT2D eigenvalue weighted by atomic mass is 32.1. The summed E-state index contributed by atoms with van der Waals surface area (Å²) in [5.41, 5.74) is 9.30. The van der Waals surface area contributed by atoms with Crippen molar-refractivity contribution in [1.82, 2.24) is 0 Å². The van der Waals surface area contributed by atoms with E-state index in [-0.39, 0.29) is 0 Å². The minimum Gasteiger partial charge on any atom is -0.455 e. The Balaban J connectivity index is 1.06. The summed E-state index contributed by atoms with van der Waals surface area (Å²) in [7, 11) is 0. The van der Waals surface area contributed by atoms with Gasteiger partial charge in [-0.2, -0.15) is 0 Å². The lowest BCUT2D eigenvalue weighted by atomic mass is 9.85. The highest BCUT2D eigenvalue weighted by molar-refractivity contribution is 7.26. The van der Waals surface area contributed by atoms with E-state index in [0.717, 1.165) is 16.6 Å². The van der Waals surface area contributed by atoms with Gasteiger partial charge in [0.15, 0.2) is 0 Å². The van der Waals surface area contributed by atoms with Gasteiger partial charge in [0.1, 0.15) is 11.2 Å². The molecule has 232 valence electrons. The lowest BCUT2D eigenvalue weighted by Crippen LogP contribution is -1.91. The number of thiophene rings is 1. The van der Waals surface area contributed by atoms with Gasteiger partial charge in [-0.3, -0.25) is 0 Å². The van der Waals surface area contributed by atoms with Crippen LogP contribution in [-0.2, 0) is 0 Å². The standard InChI is InChI=1S/C48H28OS/c1-2-10-32-27-34(22-19-29(32)9-1)46-37-13-5-3-11-35(37)45(36-12-4-6-14-38(36)46)31-20-17-30(18-21-31)33-23-25-42-41(28-33)39-24-26-44-47(48(39)49-42)40-15-7-8-16-43(40)50-44/h1-28H. The fourth-order valence-electron chi connectivity index (χ4n) is 8.15. The summed E-state index contributed by atoms with van der Waals surface area (Å²) in [4.78, 5) is 0. The predicted molar refractivity (Wildman–Crippen MR) is 215 cm³/mol. The number of fused-ring (bicyclic) bond motifs is 10. The molecule has 0 saturated heterocycles. The van der Waals surface area contributed by atoms with Gasteiger partial charge in [-0.25, -0.2) is 0 Å². The molecule has 1 nitrogen and oxygen atoms in total. The van der Waals surface area contributed by atoms with E-state index in [0.29, 0.717) is 0 Å². The molecule has 0 atom stereocenters. The zero-order chi connectivity index (χ0) is 32.8. The van der Waals surface area contributed by atoms with Gasteiger partial charge >= 0.3 is 0 Å². The Kier molecular flexibility index (Phi) is 5.89. The van der Waals surface area contributed by atoms with Crippen molar-refractivity contribution in [3.63, 3.8) is 0 Å². The maximum absolute atomic E-state index is 6.55. The molecule has 0 aliphatic rings. The highest BCUT2D eigenvalue weighted by Crippen LogP contribution is 2.45. The Labute approximate surface area is 292 Å². The van der Waals surface area contributed by atoms with Crippen LogP contribution < -0.4 is 0 Å². The second kappa shape index (κ2) is 10.6. The number of hydrogen-bond donors (Lipinski definition) is 0. The fourth-order valence-corrected chi connectivity index (χ4v) is 9.25. The quantitative estimate of drug-likeness (QED) is 0.173. The van der Waals surface area contributed by atoms with E-state index in [1.54, 1.807) is 0 Å². The Morgan fingerprint density at radius 3 is 1.66 bits per heavy atom. The molecule has 0 bridgehead atoms. The molecule has 0 amide bonds. The second-order valence-corrected chi connectivity index (χ2v) is 14.3. The smallest absolute Gasteiger partial charge is 0.144 e. The third-order valence-corrected chi connectivity index (χ3v) is 11.6. The van der Waals surface area contributed by atoms with Crippen molar-refractivity contribution in [2.45, 2.75) is 0 Å². The molecule has 0 aliphatic heterocycles. The summed E-state index contributed by atoms with van der Waals surface area (Å²) in [6.07, 6.45) is 0. The van der Waals surface area contributed by atoms with E-state index in [1.807, 2.05) is 11.3 Å². The van der Waals surface area contributed by atoms with E-state index in [1.165, 1.54) is 91.3 Å². The van der Waals surface area contributed by atoms with Gasteiger partial charge in [0.25, 0.3) is 0 Å². The Morgan fingerprint density at radius 1 is 0.340 bits per heavy atom. The molecule has 0 N–H and O–H groups in total. The van der Waals surface area contributed by atoms with Gasteiger partial charge in [-0.05, 0) is 102 Å². The maximum Gasteiger partial charge on any atom is 0.144 e. The maximum atomic E-state index is 6.55. The molecule has 50 heavy (non-hydrogen) atoms. The number of benzene rings is 9. The first-order chi connectivity index (χ1) is 24.8. The Hall–Kier alpha value is -6.22. The van der Waals surface area contributed by atoms with Crippen LogP contribution in [0.1, 0.15) is 0 Å². The first-order valence-corrected chi connectivity index (χ1v) is 17.9. The molecule has 2 heteroatoms. The van der Waals surface area contributed by atoms with Gasteiger partial charge in [0, 0.05) is 30.9 Å². The second-order valence-electron chi connectivity index (χ2n) is 13.2. The van der Waals surface area contributed by atoms with Gasteiger partial charge < -0.3 is 4.42 Å². The summed E-state index contributed by atoms with van der Waals surface area (Å²) < 4.78 is 9.11. The molecule has 11 rings (SSSR count). The molecule has 2 aromatic heterocycles. The number of hydrogen-bond acceptors (Lipinski definition) is 2. The molecule has 0 radical (unpaired) electrons. The average Bonchev–Trinajstić information content (AvgIpc) is 3.75. The molecule has 11 aromatic rings. The summed E-state index contributed by atoms with van der Waals surface area (Å²) in [6, 6.07) is 62.1. The van der Waals surface area contributed by atoms with E-state index in [2.05, 4.69) is 170 Å². The normalized spacial score (nSPS) is 12.0. The fraction of sp³-hybridized carbons (Fsp3) is 0. The molecule has 0 spiro atoms. The lowest BCUT2D eigenvalue weighted by Gasteiger charge is -2.18. The van der Waals surface area contributed by atoms with Crippen molar-refractivity contribution in [3.05, 3.63) is 170 Å². The minimum absolute atomic E-state index is 0.924. The molecule has 0 fully saturated rings. The van der Waals surface area contributed by atoms with Crippen LogP contribution in [0.25, 0.3) is 108 Å². The van der Waals surface area contributed by atoms with E-state index in [9.17, 15) is 0 Å². The summed E-state index contributed by atoms with van der Waals surface area (Å²) >= 11 is 1.83. The van der Waals surface area contributed by atoms with Crippen LogP contribution in [0.4, 0.5) is 0 Å². The number of rotatable bonds is 3. The van der Waals surface area contributed by atoms with Crippen molar-refractivity contribution in [2.75, 3.05) is 0 Å². The topological polar surface area (TPSA) is 13.1 Å². The van der Waals surface area contributed by atoms with Crippen LogP contribution >= 0.6 is 11.3 Å². The largest absolute Gasteiger partial charge is 0.455 e. The number of furan rings is 1. The van der Waals surface area contributed by atoms with Crippen LogP contribution in [0.5, 0.6) is 0 Å². The van der Waals surface area contributed by atoms with Crippen molar-refractivity contribution in [3.8, 4) is 33.4 Å². The molecular formula is C48H28OS. The van der Waals surface area contributed by atoms with Crippen LogP contribution in [-0.4, -0.2) is 0 Å². The van der Waals surface area contributed by atoms with E-state index < -0.39 is 0 Å². The zero-order valence-electron chi connectivity index (χ0n) is 27.0. The Bertz CT molecular complexity index is 3080. The summed E-state index contributed by atoms with van der Waals surface area (Å²) in [5, 5.41) is 12.4. The van der Waals surface area contributed by atoms with Crippen LogP contribution in [0.3, 0.4) is 0 Å². The van der Waals surface area contributed by atoms with Crippen molar-refractivity contribution < 1.29 is 4.42 Å². The minimum atomic E-state index is 0.924. The zero-order valence-corrected chi connectivity index (χ0v) is 27.8. The predicted octanol–water partition coefficient (Wildman–Crippen LogP) is 14.4. The summed E-state index contributed by atoms with van der Waals surface area (Å²) in [5.74, 6) is 0. The molecule has 2 heterocycles. The van der Waals surface area contributed by atoms with Crippen molar-refractivity contribution in [2.24, 2.45) is 0 Å². The van der Waals surface area contributed by atoms with Gasteiger partial charge in [-0.1, -0.05) is 133 Å². The SMILES string of the molecule is c1ccc2cc(-c3c4ccccc4c(-c4ccc(-c5ccc6oc7c(ccc8sc9ccccc9c87)c6c5)cc4)c4ccccc34)ccc2c1. The molecular weight excluding hydrogens is 625 g/mol. The van der Waals surface area contributed by atoms with Gasteiger partial charge in [0.05, 0.1) is 0 Å². The first-order valence-electron chi connectivity index (χ1n) is 17.1. The van der Waals surface area contributed by atoms with Crippen LogP contribution in [0.2, 0.25) is 0 Å².